The monoisotopic (exact) mass is 242 g/mol. The third-order valence-corrected chi connectivity index (χ3v) is 2.52. The van der Waals surface area contributed by atoms with Crippen molar-refractivity contribution in [1.82, 2.24) is 9.78 Å². The van der Waals surface area contributed by atoms with Gasteiger partial charge in [-0.2, -0.15) is 18.3 Å². The predicted octanol–water partition coefficient (Wildman–Crippen LogP) is 1.85. The van der Waals surface area contributed by atoms with Gasteiger partial charge in [-0.05, 0) is 6.92 Å². The number of aromatic nitrogens is 2. The molecule has 1 atom stereocenters. The smallest absolute Gasteiger partial charge is 0.383 e. The maximum atomic E-state index is 12.1. The van der Waals surface area contributed by atoms with E-state index in [1.165, 1.54) is 11.7 Å². The van der Waals surface area contributed by atoms with Crippen LogP contribution in [-0.4, -0.2) is 27.2 Å². The molecule has 0 fully saturated rings. The Balaban J connectivity index is 2.90. The highest BCUT2D eigenvalue weighted by Gasteiger charge is 2.39. The Morgan fingerprint density at radius 3 is 2.40 bits per heavy atom. The fourth-order valence-corrected chi connectivity index (χ4v) is 1.44. The molecule has 0 unspecified atom stereocenters. The Morgan fingerprint density at radius 2 is 2.07 bits per heavy atom. The van der Waals surface area contributed by atoms with Gasteiger partial charge in [-0.15, -0.1) is 0 Å². The minimum absolute atomic E-state index is 0.167. The van der Waals surface area contributed by atoms with Crippen molar-refractivity contribution in [2.24, 2.45) is 7.05 Å². The summed E-state index contributed by atoms with van der Waals surface area (Å²) >= 11 is 5.75. The van der Waals surface area contributed by atoms with Crippen LogP contribution in [0.25, 0.3) is 0 Å². The molecule has 1 heterocycles. The Labute approximate surface area is 89.5 Å². The van der Waals surface area contributed by atoms with Crippen LogP contribution in [0.15, 0.2) is 0 Å². The first-order valence-corrected chi connectivity index (χ1v) is 4.54. The van der Waals surface area contributed by atoms with E-state index in [2.05, 4.69) is 5.10 Å². The van der Waals surface area contributed by atoms with E-state index >= 15 is 0 Å². The lowest BCUT2D eigenvalue weighted by atomic mass is 10.2. The van der Waals surface area contributed by atoms with E-state index in [0.717, 1.165) is 0 Å². The van der Waals surface area contributed by atoms with Gasteiger partial charge in [-0.25, -0.2) is 0 Å². The maximum Gasteiger partial charge on any atom is 0.414 e. The van der Waals surface area contributed by atoms with E-state index in [-0.39, 0.29) is 10.7 Å². The molecule has 0 aliphatic carbocycles. The summed E-state index contributed by atoms with van der Waals surface area (Å²) in [6, 6.07) is 0. The van der Waals surface area contributed by atoms with E-state index in [4.69, 9.17) is 16.7 Å². The van der Waals surface area contributed by atoms with Crippen LogP contribution in [0.5, 0.6) is 0 Å². The number of nitrogens with zero attached hydrogens (tertiary/aromatic N) is 2. The summed E-state index contributed by atoms with van der Waals surface area (Å²) in [6.07, 6.45) is -7.63. The molecule has 0 amide bonds. The van der Waals surface area contributed by atoms with Crippen LogP contribution in [0, 0.1) is 6.92 Å². The maximum absolute atomic E-state index is 12.1. The minimum atomic E-state index is -4.64. The Kier molecular flexibility index (Phi) is 3.30. The van der Waals surface area contributed by atoms with Crippen molar-refractivity contribution in [1.29, 1.82) is 0 Å². The van der Waals surface area contributed by atoms with Crippen molar-refractivity contribution >= 4 is 11.6 Å². The van der Waals surface area contributed by atoms with Crippen molar-refractivity contribution in [3.8, 4) is 0 Å². The number of aliphatic hydroxyl groups excluding tert-OH is 1. The van der Waals surface area contributed by atoms with Crippen LogP contribution in [0.2, 0.25) is 5.02 Å². The van der Waals surface area contributed by atoms with E-state index in [0.29, 0.717) is 5.69 Å². The minimum Gasteiger partial charge on any atom is -0.383 e. The molecule has 0 bridgehead atoms. The van der Waals surface area contributed by atoms with E-state index in [9.17, 15) is 13.2 Å². The first-order valence-electron chi connectivity index (χ1n) is 4.16. The van der Waals surface area contributed by atoms with Crippen LogP contribution in [0.3, 0.4) is 0 Å². The number of alkyl halides is 3. The van der Waals surface area contributed by atoms with Crippen molar-refractivity contribution in [2.45, 2.75) is 25.6 Å². The largest absolute Gasteiger partial charge is 0.414 e. The molecule has 7 heteroatoms. The fraction of sp³-hybridized carbons (Fsp3) is 0.625. The zero-order valence-corrected chi connectivity index (χ0v) is 8.89. The van der Waals surface area contributed by atoms with Crippen LogP contribution in [0.1, 0.15) is 11.4 Å². The fourth-order valence-electron chi connectivity index (χ4n) is 1.20. The normalized spacial score (nSPS) is 14.3. The van der Waals surface area contributed by atoms with Crippen LogP contribution < -0.4 is 0 Å². The van der Waals surface area contributed by atoms with Gasteiger partial charge < -0.3 is 5.11 Å². The number of hydrogen-bond acceptors (Lipinski definition) is 2. The zero-order chi connectivity index (χ0) is 11.8. The van der Waals surface area contributed by atoms with E-state index in [1.807, 2.05) is 0 Å². The third kappa shape index (κ3) is 2.63. The Bertz CT molecular complexity index is 362. The summed E-state index contributed by atoms with van der Waals surface area (Å²) in [5, 5.41) is 12.9. The Hall–Kier alpha value is -0.750. The summed E-state index contributed by atoms with van der Waals surface area (Å²) in [7, 11) is 1.48. The molecule has 0 aromatic carbocycles. The predicted molar refractivity (Wildman–Crippen MR) is 48.7 cm³/mol. The molecular weight excluding hydrogens is 233 g/mol. The van der Waals surface area contributed by atoms with Gasteiger partial charge in [-0.3, -0.25) is 4.68 Å². The molecule has 0 saturated carbocycles. The van der Waals surface area contributed by atoms with E-state index in [1.54, 1.807) is 6.92 Å². The number of rotatable bonds is 2. The number of halogens is 4. The van der Waals surface area contributed by atoms with Gasteiger partial charge in [0, 0.05) is 13.5 Å². The lowest BCUT2D eigenvalue weighted by Gasteiger charge is -2.14. The molecule has 1 rings (SSSR count). The van der Waals surface area contributed by atoms with Crippen molar-refractivity contribution < 1.29 is 18.3 Å². The van der Waals surface area contributed by atoms with Gasteiger partial charge >= 0.3 is 6.18 Å². The van der Waals surface area contributed by atoms with Crippen molar-refractivity contribution in [2.75, 3.05) is 0 Å². The molecule has 86 valence electrons. The highest BCUT2D eigenvalue weighted by Crippen LogP contribution is 2.26. The van der Waals surface area contributed by atoms with Crippen molar-refractivity contribution in [3.05, 3.63) is 16.4 Å². The van der Waals surface area contributed by atoms with Crippen molar-refractivity contribution in [3.63, 3.8) is 0 Å². The molecule has 1 aromatic heterocycles. The Morgan fingerprint density at radius 1 is 1.53 bits per heavy atom. The lowest BCUT2D eigenvalue weighted by Crippen LogP contribution is -2.31. The topological polar surface area (TPSA) is 38.0 Å². The number of aliphatic hydroxyl groups is 1. The van der Waals surface area contributed by atoms with Crippen LogP contribution in [0.4, 0.5) is 13.2 Å². The second kappa shape index (κ2) is 4.02. The molecule has 1 aromatic rings. The molecule has 0 spiro atoms. The molecule has 0 radical (unpaired) electrons. The average molecular weight is 243 g/mol. The average Bonchev–Trinajstić information content (AvgIpc) is 2.30. The molecule has 1 N–H and O–H groups in total. The third-order valence-electron chi connectivity index (χ3n) is 2.03. The molecule has 3 nitrogen and oxygen atoms in total. The first kappa shape index (κ1) is 12.3. The number of hydrogen-bond donors (Lipinski definition) is 1. The highest BCUT2D eigenvalue weighted by molar-refractivity contribution is 6.31. The summed E-state index contributed by atoms with van der Waals surface area (Å²) < 4.78 is 37.5. The molecule has 15 heavy (non-hydrogen) atoms. The highest BCUT2D eigenvalue weighted by atomic mass is 35.5. The summed E-state index contributed by atoms with van der Waals surface area (Å²) in [4.78, 5) is 0. The molecule has 0 saturated heterocycles. The summed E-state index contributed by atoms with van der Waals surface area (Å²) in [5.41, 5.74) is 0.627. The second-order valence-electron chi connectivity index (χ2n) is 3.23. The van der Waals surface area contributed by atoms with Crippen LogP contribution >= 0.6 is 11.6 Å². The van der Waals surface area contributed by atoms with E-state index < -0.39 is 18.7 Å². The lowest BCUT2D eigenvalue weighted by molar-refractivity contribution is -0.203. The van der Waals surface area contributed by atoms with Crippen LogP contribution in [-0.2, 0) is 13.5 Å². The molecule has 0 aliphatic rings. The van der Waals surface area contributed by atoms with Gasteiger partial charge in [0.2, 0.25) is 0 Å². The SMILES string of the molecule is Cc1nn(C)c(C[C@H](O)C(F)(F)F)c1Cl. The zero-order valence-electron chi connectivity index (χ0n) is 8.14. The first-order chi connectivity index (χ1) is 6.73. The second-order valence-corrected chi connectivity index (χ2v) is 3.61. The van der Waals surface area contributed by atoms with Gasteiger partial charge in [0.25, 0.3) is 0 Å². The van der Waals surface area contributed by atoms with Gasteiger partial charge in [0.1, 0.15) is 0 Å². The summed E-state index contributed by atoms with van der Waals surface area (Å²) in [5.74, 6) is 0. The molecule has 0 aliphatic heterocycles. The standard InChI is InChI=1S/C8H10ClF3N2O/c1-4-7(9)5(14(2)13-4)3-6(15)8(10,11)12/h6,15H,3H2,1-2H3/t6-/m0/s1. The quantitative estimate of drug-likeness (QED) is 0.860. The summed E-state index contributed by atoms with van der Waals surface area (Å²) in [6.45, 7) is 1.59. The number of aryl methyl sites for hydroxylation is 2. The molecular formula is C8H10ClF3N2O. The van der Waals surface area contributed by atoms with Gasteiger partial charge in [0.05, 0.1) is 16.4 Å². The van der Waals surface area contributed by atoms with Gasteiger partial charge in [-0.1, -0.05) is 11.6 Å². The van der Waals surface area contributed by atoms with Gasteiger partial charge in [0.15, 0.2) is 6.10 Å².